The molecule has 0 heteroatoms. The van der Waals surface area contributed by atoms with Gasteiger partial charge in [0.05, 0.1) is 0 Å². The first-order valence-corrected chi connectivity index (χ1v) is 28.3. The zero-order chi connectivity index (χ0) is 54.3. The Morgan fingerprint density at radius 1 is 0.188 bits per heavy atom. The molecule has 0 aromatic heterocycles. The van der Waals surface area contributed by atoms with Crippen LogP contribution in [0.2, 0.25) is 0 Å². The third-order valence-corrected chi connectivity index (χ3v) is 16.9. The topological polar surface area (TPSA) is 0 Å². The fourth-order valence-corrected chi connectivity index (χ4v) is 12.8. The first-order chi connectivity index (χ1) is 38.9. The summed E-state index contributed by atoms with van der Waals surface area (Å²) in [5, 5.41) is 15.1. The Bertz CT molecular complexity index is 4620. The van der Waals surface area contributed by atoms with Crippen molar-refractivity contribution in [3.63, 3.8) is 0 Å². The summed E-state index contributed by atoms with van der Waals surface area (Å²) in [6.07, 6.45) is 0. The maximum absolute atomic E-state index is 2.43. The first kappa shape index (κ1) is 49.0. The summed E-state index contributed by atoms with van der Waals surface area (Å²) in [6.45, 7) is 13.8. The molecule has 0 aliphatic rings. The van der Waals surface area contributed by atoms with E-state index in [0.29, 0.717) is 0 Å². The van der Waals surface area contributed by atoms with Gasteiger partial charge in [0.25, 0.3) is 0 Å². The van der Waals surface area contributed by atoms with Crippen LogP contribution in [0.25, 0.3) is 143 Å². The number of benzene rings is 14. The molecule has 0 aliphatic carbocycles. The van der Waals surface area contributed by atoms with E-state index in [1.165, 1.54) is 154 Å². The molecule has 0 fully saturated rings. The molecule has 0 bridgehead atoms. The van der Waals surface area contributed by atoms with E-state index in [1.807, 2.05) is 0 Å². The van der Waals surface area contributed by atoms with E-state index in [9.17, 15) is 0 Å². The van der Waals surface area contributed by atoms with Gasteiger partial charge in [-0.1, -0.05) is 290 Å². The smallest absolute Gasteiger partial charge is 0.00263 e. The van der Waals surface area contributed by atoms with E-state index in [4.69, 9.17) is 0 Å². The van der Waals surface area contributed by atoms with Crippen LogP contribution in [0.3, 0.4) is 0 Å². The van der Waals surface area contributed by atoms with Gasteiger partial charge in [-0.25, -0.2) is 0 Å². The molecule has 0 saturated carbocycles. The molecule has 0 heterocycles. The molecule has 14 rings (SSSR count). The number of hydrogen-bond donors (Lipinski definition) is 0. The fourth-order valence-electron chi connectivity index (χ4n) is 12.8. The Labute approximate surface area is 470 Å². The van der Waals surface area contributed by atoms with Gasteiger partial charge in [-0.05, 0) is 183 Å². The summed E-state index contributed by atoms with van der Waals surface area (Å²) in [4.78, 5) is 0. The van der Waals surface area contributed by atoms with Crippen LogP contribution in [0, 0.1) is 0 Å². The van der Waals surface area contributed by atoms with Crippen molar-refractivity contribution in [2.24, 2.45) is 0 Å². The summed E-state index contributed by atoms with van der Waals surface area (Å²) in [5.41, 5.74) is 20.1. The van der Waals surface area contributed by atoms with Crippen LogP contribution in [0.5, 0.6) is 0 Å². The molecular formula is C80H62. The van der Waals surface area contributed by atoms with Gasteiger partial charge >= 0.3 is 0 Å². The molecule has 14 aromatic carbocycles. The third kappa shape index (κ3) is 8.46. The van der Waals surface area contributed by atoms with Crippen molar-refractivity contribution in [2.45, 2.75) is 52.4 Å². The first-order valence-electron chi connectivity index (χ1n) is 28.3. The minimum Gasteiger partial charge on any atom is -0.0622 e. The molecule has 0 nitrogen and oxygen atoms in total. The van der Waals surface area contributed by atoms with Crippen LogP contribution < -0.4 is 0 Å². The molecule has 0 amide bonds. The van der Waals surface area contributed by atoms with Crippen molar-refractivity contribution < 1.29 is 0 Å². The molecule has 0 unspecified atom stereocenters. The maximum atomic E-state index is 2.43. The summed E-state index contributed by atoms with van der Waals surface area (Å²) < 4.78 is 0. The molecule has 0 spiro atoms. The summed E-state index contributed by atoms with van der Waals surface area (Å²) in [7, 11) is 0. The van der Waals surface area contributed by atoms with Crippen molar-refractivity contribution >= 4 is 64.6 Å². The lowest BCUT2D eigenvalue weighted by molar-refractivity contribution is 0.590. The zero-order valence-electron chi connectivity index (χ0n) is 46.4. The minimum absolute atomic E-state index is 0.0468. The molecule has 0 radical (unpaired) electrons. The van der Waals surface area contributed by atoms with Crippen LogP contribution in [0.4, 0.5) is 0 Å². The third-order valence-electron chi connectivity index (χ3n) is 16.9. The Morgan fingerprint density at radius 3 is 0.912 bits per heavy atom. The van der Waals surface area contributed by atoms with Gasteiger partial charge in [0.1, 0.15) is 0 Å². The highest BCUT2D eigenvalue weighted by atomic mass is 14.3. The van der Waals surface area contributed by atoms with Crippen LogP contribution in [0.15, 0.2) is 267 Å². The van der Waals surface area contributed by atoms with Crippen LogP contribution in [0.1, 0.15) is 52.7 Å². The number of rotatable bonds is 7. The molecule has 382 valence electrons. The second-order valence-electron chi connectivity index (χ2n) is 24.0. The molecule has 80 heavy (non-hydrogen) atoms. The average molecular weight is 1020 g/mol. The fraction of sp³-hybridized carbons (Fsp3) is 0.100. The average Bonchev–Trinajstić information content (AvgIpc) is 3.64. The van der Waals surface area contributed by atoms with Crippen molar-refractivity contribution in [2.75, 3.05) is 0 Å². The van der Waals surface area contributed by atoms with Crippen LogP contribution >= 0.6 is 0 Å². The van der Waals surface area contributed by atoms with Crippen molar-refractivity contribution in [1.29, 1.82) is 0 Å². The maximum Gasteiger partial charge on any atom is -0.00263 e. The Kier molecular flexibility index (Phi) is 11.8. The summed E-state index contributed by atoms with van der Waals surface area (Å²) in [6, 6.07) is 100. The zero-order valence-corrected chi connectivity index (χ0v) is 46.4. The van der Waals surface area contributed by atoms with Gasteiger partial charge < -0.3 is 0 Å². The van der Waals surface area contributed by atoms with E-state index < -0.39 is 0 Å². The molecular weight excluding hydrogens is 961 g/mol. The Hall–Kier alpha value is -9.36. The molecule has 0 aliphatic heterocycles. The standard InChI is InChI=1S/C80H62/c1-79(2,3)61-24-18-22-59(46-61)77-68-30-14-10-26-64(68)75(65-27-11-15-31-69(65)77)54-38-34-51(35-39-54)56-42-43-58-50-72(53-20-8-7-9-21-53)63-45-44-57(49-74(63)73(58)48-56)52-36-40-55(41-37-52)76-66-28-12-16-32-70(66)78(71-33-17-13-29-67(71)76)60-23-19-25-62(47-60)80(4,5)6/h7-50H,1-6H3. The van der Waals surface area contributed by atoms with E-state index in [-0.39, 0.29) is 10.8 Å². The van der Waals surface area contributed by atoms with Crippen molar-refractivity contribution in [3.8, 4) is 77.9 Å². The second kappa shape index (κ2) is 19.2. The predicted molar refractivity (Wildman–Crippen MR) is 347 cm³/mol. The number of hydrogen-bond acceptors (Lipinski definition) is 0. The monoisotopic (exact) mass is 1020 g/mol. The Morgan fingerprint density at radius 2 is 0.512 bits per heavy atom. The second-order valence-corrected chi connectivity index (χ2v) is 24.0. The van der Waals surface area contributed by atoms with E-state index in [2.05, 4.69) is 308 Å². The highest BCUT2D eigenvalue weighted by Crippen LogP contribution is 2.47. The van der Waals surface area contributed by atoms with E-state index in [0.717, 1.165) is 0 Å². The predicted octanol–water partition coefficient (Wildman–Crippen LogP) is 22.9. The Balaban J connectivity index is 0.866. The lowest BCUT2D eigenvalue weighted by Gasteiger charge is -2.22. The molecule has 0 N–H and O–H groups in total. The van der Waals surface area contributed by atoms with Gasteiger partial charge in [0.15, 0.2) is 0 Å². The van der Waals surface area contributed by atoms with E-state index in [1.54, 1.807) is 0 Å². The highest BCUT2D eigenvalue weighted by molar-refractivity contribution is 6.23. The van der Waals surface area contributed by atoms with Gasteiger partial charge in [-0.15, -0.1) is 0 Å². The number of fused-ring (bicyclic) bond motifs is 7. The normalized spacial score (nSPS) is 12.1. The molecule has 14 aromatic rings. The SMILES string of the molecule is CC(C)(C)c1cccc(-c2c3ccccc3c(-c3ccc(-c4ccc5cc(-c6ccccc6)c6ccc(-c7ccc(-c8c9ccccc9c(-c9cccc(C(C)(C)C)c9)c9ccccc89)cc7)cc6c5c4)cc3)c3ccccc23)c1. The lowest BCUT2D eigenvalue weighted by atomic mass is 9.82. The molecule has 0 saturated heterocycles. The largest absolute Gasteiger partial charge is 0.0622 e. The highest BCUT2D eigenvalue weighted by Gasteiger charge is 2.22. The van der Waals surface area contributed by atoms with Gasteiger partial charge in [0.2, 0.25) is 0 Å². The lowest BCUT2D eigenvalue weighted by Crippen LogP contribution is -2.10. The summed E-state index contributed by atoms with van der Waals surface area (Å²) >= 11 is 0. The van der Waals surface area contributed by atoms with Gasteiger partial charge in [0, 0.05) is 0 Å². The van der Waals surface area contributed by atoms with Gasteiger partial charge in [-0.2, -0.15) is 0 Å². The quantitative estimate of drug-likeness (QED) is 0.110. The molecule has 0 atom stereocenters. The minimum atomic E-state index is 0.0468. The van der Waals surface area contributed by atoms with Crippen molar-refractivity contribution in [3.05, 3.63) is 278 Å². The van der Waals surface area contributed by atoms with Crippen LogP contribution in [-0.4, -0.2) is 0 Å². The summed E-state index contributed by atoms with van der Waals surface area (Å²) in [5.74, 6) is 0. The van der Waals surface area contributed by atoms with Crippen molar-refractivity contribution in [1.82, 2.24) is 0 Å². The van der Waals surface area contributed by atoms with Crippen LogP contribution in [-0.2, 0) is 10.8 Å². The van der Waals surface area contributed by atoms with E-state index >= 15 is 0 Å². The van der Waals surface area contributed by atoms with Gasteiger partial charge in [-0.3, -0.25) is 0 Å².